The smallest absolute Gasteiger partial charge is 0.245 e. The minimum absolute atomic E-state index is 0.221. The Hall–Kier alpha value is -2.73. The molecule has 0 radical (unpaired) electrons. The van der Waals surface area contributed by atoms with Gasteiger partial charge in [-0.15, -0.1) is 0 Å². The van der Waals surface area contributed by atoms with Crippen LogP contribution in [0.5, 0.6) is 0 Å². The molecule has 0 aromatic carbocycles. The highest BCUT2D eigenvalue weighted by Gasteiger charge is 2.32. The molecule has 0 fully saturated rings. The molecule has 24 heavy (non-hydrogen) atoms. The fourth-order valence-electron chi connectivity index (χ4n) is 2.19. The second-order valence-corrected chi connectivity index (χ2v) is 7.47. The van der Waals surface area contributed by atoms with Gasteiger partial charge in [0.2, 0.25) is 26.7 Å². The number of sulfone groups is 1. The number of carbonyl (C=O) groups excluding carboxylic acids is 2. The number of ketones is 1. The van der Waals surface area contributed by atoms with E-state index >= 15 is 0 Å². The standard InChI is InChI=1S/C15H16N4O4S/c1-9(2)17-14(21)10(8-16)13(20)12-11-6-4-5-7-19(11)15(18-12)24(3,22)23/h4-7,9-10H,1-3H3,(H,17,21)/t10-/m1/s1. The molecule has 2 heterocycles. The first kappa shape index (κ1) is 17.6. The zero-order valence-electron chi connectivity index (χ0n) is 13.3. The maximum atomic E-state index is 12.6. The first-order chi connectivity index (χ1) is 11.2. The Kier molecular flexibility index (Phi) is 4.71. The fourth-order valence-corrected chi connectivity index (χ4v) is 2.97. The summed E-state index contributed by atoms with van der Waals surface area (Å²) < 4.78 is 25.0. The van der Waals surface area contributed by atoms with Crippen molar-refractivity contribution in [1.82, 2.24) is 14.7 Å². The van der Waals surface area contributed by atoms with Gasteiger partial charge in [-0.05, 0) is 26.0 Å². The third kappa shape index (κ3) is 3.28. The maximum absolute atomic E-state index is 12.6. The van der Waals surface area contributed by atoms with Gasteiger partial charge in [-0.1, -0.05) is 6.07 Å². The Morgan fingerprint density at radius 2 is 2.00 bits per heavy atom. The molecule has 2 rings (SSSR count). The Morgan fingerprint density at radius 3 is 2.54 bits per heavy atom. The van der Waals surface area contributed by atoms with E-state index in [1.807, 2.05) is 0 Å². The average Bonchev–Trinajstić information content (AvgIpc) is 2.86. The number of Topliss-reactive ketones (excluding diaryl/α,β-unsaturated/α-hetero) is 1. The van der Waals surface area contributed by atoms with Crippen LogP contribution in [0.25, 0.3) is 5.52 Å². The van der Waals surface area contributed by atoms with Crippen molar-refractivity contribution in [2.24, 2.45) is 5.92 Å². The van der Waals surface area contributed by atoms with Crippen molar-refractivity contribution >= 4 is 27.0 Å². The molecule has 1 amide bonds. The van der Waals surface area contributed by atoms with Gasteiger partial charge in [0.1, 0.15) is 5.69 Å². The predicted molar refractivity (Wildman–Crippen MR) is 85.0 cm³/mol. The van der Waals surface area contributed by atoms with Gasteiger partial charge in [0.25, 0.3) is 0 Å². The molecule has 2 aromatic rings. The zero-order valence-corrected chi connectivity index (χ0v) is 14.2. The molecule has 0 unspecified atom stereocenters. The summed E-state index contributed by atoms with van der Waals surface area (Å²) in [5, 5.41) is 11.4. The van der Waals surface area contributed by atoms with Crippen LogP contribution in [0.1, 0.15) is 24.3 Å². The van der Waals surface area contributed by atoms with Gasteiger partial charge in [-0.2, -0.15) is 5.26 Å². The summed E-state index contributed by atoms with van der Waals surface area (Å²) in [5.74, 6) is -3.18. The van der Waals surface area contributed by atoms with Crippen LogP contribution in [0.3, 0.4) is 0 Å². The van der Waals surface area contributed by atoms with Crippen LogP contribution >= 0.6 is 0 Å². The lowest BCUT2D eigenvalue weighted by Crippen LogP contribution is -2.38. The number of aromatic nitrogens is 2. The summed E-state index contributed by atoms with van der Waals surface area (Å²) in [4.78, 5) is 28.5. The molecule has 0 aliphatic carbocycles. The summed E-state index contributed by atoms with van der Waals surface area (Å²) in [6.45, 7) is 3.40. The zero-order chi connectivity index (χ0) is 18.1. The minimum Gasteiger partial charge on any atom is -0.352 e. The Bertz CT molecular complexity index is 953. The molecule has 1 atom stereocenters. The second-order valence-electron chi connectivity index (χ2n) is 5.56. The number of fused-ring (bicyclic) bond motifs is 1. The van der Waals surface area contributed by atoms with E-state index in [9.17, 15) is 23.3 Å². The Labute approximate surface area is 139 Å². The predicted octanol–water partition coefficient (Wildman–Crippen LogP) is 0.585. The molecular formula is C15H16N4O4S. The van der Waals surface area contributed by atoms with Gasteiger partial charge in [0.05, 0.1) is 11.6 Å². The van der Waals surface area contributed by atoms with Crippen molar-refractivity contribution in [1.29, 1.82) is 5.26 Å². The van der Waals surface area contributed by atoms with Crippen molar-refractivity contribution in [2.45, 2.75) is 25.0 Å². The highest BCUT2D eigenvalue weighted by molar-refractivity contribution is 7.90. The molecule has 0 saturated heterocycles. The average molecular weight is 348 g/mol. The molecular weight excluding hydrogens is 332 g/mol. The number of amides is 1. The van der Waals surface area contributed by atoms with Crippen molar-refractivity contribution in [2.75, 3.05) is 6.26 Å². The molecule has 9 heteroatoms. The number of pyridine rings is 1. The molecule has 0 aliphatic heterocycles. The number of nitrogens with zero attached hydrogens (tertiary/aromatic N) is 3. The first-order valence-electron chi connectivity index (χ1n) is 7.08. The van der Waals surface area contributed by atoms with Gasteiger partial charge >= 0.3 is 0 Å². The summed E-state index contributed by atoms with van der Waals surface area (Å²) in [6, 6.07) is 6.11. The molecule has 0 saturated carbocycles. The van der Waals surface area contributed by atoms with Crippen LogP contribution in [0.2, 0.25) is 0 Å². The molecule has 126 valence electrons. The van der Waals surface area contributed by atoms with E-state index in [1.54, 1.807) is 32.0 Å². The number of hydrogen-bond acceptors (Lipinski definition) is 6. The number of hydrogen-bond donors (Lipinski definition) is 1. The van der Waals surface area contributed by atoms with Gasteiger partial charge in [0, 0.05) is 18.5 Å². The molecule has 8 nitrogen and oxygen atoms in total. The van der Waals surface area contributed by atoms with Gasteiger partial charge in [0.15, 0.2) is 5.92 Å². The van der Waals surface area contributed by atoms with Crippen LogP contribution in [-0.2, 0) is 14.6 Å². The monoisotopic (exact) mass is 348 g/mol. The van der Waals surface area contributed by atoms with Crippen LogP contribution in [0.15, 0.2) is 29.6 Å². The molecule has 0 bridgehead atoms. The van der Waals surface area contributed by atoms with Crippen molar-refractivity contribution in [3.8, 4) is 6.07 Å². The number of nitriles is 1. The third-order valence-corrected chi connectivity index (χ3v) is 4.12. The summed E-state index contributed by atoms with van der Waals surface area (Å²) >= 11 is 0. The highest BCUT2D eigenvalue weighted by atomic mass is 32.2. The third-order valence-electron chi connectivity index (χ3n) is 3.17. The summed E-state index contributed by atoms with van der Waals surface area (Å²) in [6.07, 6.45) is 2.42. The topological polar surface area (TPSA) is 121 Å². The minimum atomic E-state index is -3.70. The fraction of sp³-hybridized carbons (Fsp3) is 0.333. The van der Waals surface area contributed by atoms with Crippen molar-refractivity contribution in [3.05, 3.63) is 30.1 Å². The van der Waals surface area contributed by atoms with Crippen LogP contribution < -0.4 is 5.32 Å². The number of imidazole rings is 1. The van der Waals surface area contributed by atoms with Gasteiger partial charge in [-0.25, -0.2) is 13.4 Å². The molecule has 1 N–H and O–H groups in total. The van der Waals surface area contributed by atoms with Crippen molar-refractivity contribution < 1.29 is 18.0 Å². The quantitative estimate of drug-likeness (QED) is 0.623. The van der Waals surface area contributed by atoms with E-state index in [0.717, 1.165) is 6.26 Å². The van der Waals surface area contributed by atoms with E-state index in [4.69, 9.17) is 0 Å². The van der Waals surface area contributed by atoms with E-state index in [0.29, 0.717) is 0 Å². The van der Waals surface area contributed by atoms with Crippen molar-refractivity contribution in [3.63, 3.8) is 0 Å². The van der Waals surface area contributed by atoms with E-state index in [-0.39, 0.29) is 22.4 Å². The van der Waals surface area contributed by atoms with E-state index < -0.39 is 27.4 Å². The normalized spacial score (nSPS) is 12.8. The molecule has 0 spiro atoms. The van der Waals surface area contributed by atoms with Crippen LogP contribution in [0.4, 0.5) is 0 Å². The van der Waals surface area contributed by atoms with E-state index in [1.165, 1.54) is 16.7 Å². The number of rotatable bonds is 5. The SMILES string of the molecule is CC(C)NC(=O)[C@H](C#N)C(=O)c1nc(S(C)(=O)=O)n2ccccc12. The Morgan fingerprint density at radius 1 is 1.33 bits per heavy atom. The highest BCUT2D eigenvalue weighted by Crippen LogP contribution is 2.20. The van der Waals surface area contributed by atoms with Crippen LogP contribution in [0, 0.1) is 17.2 Å². The maximum Gasteiger partial charge on any atom is 0.245 e. The molecule has 2 aromatic heterocycles. The first-order valence-corrected chi connectivity index (χ1v) is 8.97. The largest absolute Gasteiger partial charge is 0.352 e. The van der Waals surface area contributed by atoms with Gasteiger partial charge in [-0.3, -0.25) is 14.0 Å². The Balaban J connectivity index is 2.58. The lowest BCUT2D eigenvalue weighted by atomic mass is 10.0. The number of carbonyl (C=O) groups is 2. The number of nitrogens with one attached hydrogen (secondary N) is 1. The van der Waals surface area contributed by atoms with E-state index in [2.05, 4.69) is 10.3 Å². The summed E-state index contributed by atoms with van der Waals surface area (Å²) in [5.41, 5.74) is 0.00185. The van der Waals surface area contributed by atoms with Crippen LogP contribution in [-0.4, -0.2) is 41.8 Å². The summed E-state index contributed by atoms with van der Waals surface area (Å²) in [7, 11) is -3.70. The van der Waals surface area contributed by atoms with Gasteiger partial charge < -0.3 is 5.32 Å². The molecule has 0 aliphatic rings. The lowest BCUT2D eigenvalue weighted by molar-refractivity contribution is -0.122. The lowest BCUT2D eigenvalue weighted by Gasteiger charge is -2.11. The second kappa shape index (κ2) is 6.41.